The van der Waals surface area contributed by atoms with Crippen molar-refractivity contribution in [2.75, 3.05) is 34.3 Å². The number of carbonyl (C=O) groups excluding carboxylic acids is 2. The zero-order valence-electron chi connectivity index (χ0n) is 21.8. The highest BCUT2D eigenvalue weighted by Gasteiger charge is 2.44. The number of aliphatic hydroxyl groups excluding tert-OH is 1. The Bertz CT molecular complexity index is 1310. The normalized spacial score (nSPS) is 16.5. The van der Waals surface area contributed by atoms with E-state index in [4.69, 9.17) is 9.15 Å². The van der Waals surface area contributed by atoms with Crippen molar-refractivity contribution in [2.24, 2.45) is 0 Å². The van der Waals surface area contributed by atoms with Crippen molar-refractivity contribution < 1.29 is 23.8 Å². The van der Waals surface area contributed by atoms with Crippen LogP contribution in [0.3, 0.4) is 0 Å². The molecule has 1 unspecified atom stereocenters. The molecule has 0 saturated heterocycles. The van der Waals surface area contributed by atoms with Gasteiger partial charge in [-0.1, -0.05) is 57.2 Å². The molecular formula is C29H34N2O5. The number of hydrogen-bond donors (Lipinski definition) is 1. The Balaban J connectivity index is 1.77. The molecule has 0 aliphatic carbocycles. The molecule has 3 aromatic rings. The molecule has 2 heterocycles. The van der Waals surface area contributed by atoms with Crippen LogP contribution in [0.2, 0.25) is 0 Å². The fourth-order valence-electron chi connectivity index (χ4n) is 4.63. The monoisotopic (exact) mass is 490 g/mol. The molecule has 1 amide bonds. The predicted molar refractivity (Wildman–Crippen MR) is 140 cm³/mol. The number of benzene rings is 2. The minimum Gasteiger partial charge on any atom is -0.503 e. The zero-order chi connectivity index (χ0) is 26.2. The van der Waals surface area contributed by atoms with Gasteiger partial charge in [-0.15, -0.1) is 0 Å². The van der Waals surface area contributed by atoms with E-state index in [1.165, 1.54) is 7.11 Å². The number of carbonyl (C=O) groups is 2. The number of aliphatic hydroxyl groups is 1. The lowest BCUT2D eigenvalue weighted by Crippen LogP contribution is -2.33. The number of ether oxygens (including phenoxy) is 1. The van der Waals surface area contributed by atoms with E-state index in [0.717, 1.165) is 17.7 Å². The first-order valence-electron chi connectivity index (χ1n) is 12.1. The Kier molecular flexibility index (Phi) is 6.96. The average Bonchev–Trinajstić information content (AvgIpc) is 3.38. The van der Waals surface area contributed by atoms with Crippen molar-refractivity contribution >= 4 is 22.7 Å². The maximum Gasteiger partial charge on any atom is 0.290 e. The highest BCUT2D eigenvalue weighted by molar-refractivity contribution is 6.16. The van der Waals surface area contributed by atoms with E-state index in [1.807, 2.05) is 55.4 Å². The van der Waals surface area contributed by atoms with Gasteiger partial charge in [0.2, 0.25) is 5.78 Å². The van der Waals surface area contributed by atoms with Crippen molar-refractivity contribution in [3.63, 3.8) is 0 Å². The van der Waals surface area contributed by atoms with Crippen molar-refractivity contribution in [3.05, 3.63) is 76.8 Å². The lowest BCUT2D eigenvalue weighted by atomic mass is 9.85. The SMILES string of the molecule is COc1cccc2cc(C(=O)C3=C(O)C(=O)N(CCCN(C)C)C3c3ccc(C(C)(C)C)cc3)oc12. The van der Waals surface area contributed by atoms with Gasteiger partial charge in [-0.25, -0.2) is 0 Å². The largest absolute Gasteiger partial charge is 0.503 e. The van der Waals surface area contributed by atoms with Gasteiger partial charge in [0, 0.05) is 11.9 Å². The van der Waals surface area contributed by atoms with E-state index in [-0.39, 0.29) is 16.7 Å². The maximum atomic E-state index is 13.8. The second kappa shape index (κ2) is 9.82. The van der Waals surface area contributed by atoms with Gasteiger partial charge >= 0.3 is 0 Å². The second-order valence-electron chi connectivity index (χ2n) is 10.5. The molecule has 36 heavy (non-hydrogen) atoms. The summed E-state index contributed by atoms with van der Waals surface area (Å²) in [5.41, 5.74) is 2.34. The molecule has 1 aromatic heterocycles. The summed E-state index contributed by atoms with van der Waals surface area (Å²) in [7, 11) is 5.47. The van der Waals surface area contributed by atoms with Crippen LogP contribution in [-0.4, -0.2) is 60.9 Å². The quantitative estimate of drug-likeness (QED) is 0.433. The molecule has 1 atom stereocenters. The second-order valence-corrected chi connectivity index (χ2v) is 10.5. The third-order valence-electron chi connectivity index (χ3n) is 6.60. The van der Waals surface area contributed by atoms with E-state index in [0.29, 0.717) is 29.7 Å². The van der Waals surface area contributed by atoms with Crippen LogP contribution in [0.25, 0.3) is 11.0 Å². The summed E-state index contributed by atoms with van der Waals surface area (Å²) >= 11 is 0. The number of amides is 1. The Labute approximate surface area is 211 Å². The first kappa shape index (κ1) is 25.5. The van der Waals surface area contributed by atoms with Crippen molar-refractivity contribution in [1.29, 1.82) is 0 Å². The van der Waals surface area contributed by atoms with Gasteiger partial charge in [-0.3, -0.25) is 9.59 Å². The van der Waals surface area contributed by atoms with Gasteiger partial charge in [0.15, 0.2) is 22.9 Å². The van der Waals surface area contributed by atoms with Gasteiger partial charge in [-0.2, -0.15) is 0 Å². The lowest BCUT2D eigenvalue weighted by Gasteiger charge is -2.28. The third kappa shape index (κ3) is 4.75. The highest BCUT2D eigenvalue weighted by atomic mass is 16.5. The molecule has 4 rings (SSSR count). The van der Waals surface area contributed by atoms with Crippen LogP contribution in [0.4, 0.5) is 0 Å². The smallest absolute Gasteiger partial charge is 0.290 e. The minimum atomic E-state index is -0.712. The summed E-state index contributed by atoms with van der Waals surface area (Å²) in [5, 5.41) is 11.7. The van der Waals surface area contributed by atoms with Crippen LogP contribution in [0.5, 0.6) is 5.75 Å². The van der Waals surface area contributed by atoms with Gasteiger partial charge < -0.3 is 24.1 Å². The van der Waals surface area contributed by atoms with Crippen molar-refractivity contribution in [1.82, 2.24) is 9.80 Å². The van der Waals surface area contributed by atoms with E-state index in [9.17, 15) is 14.7 Å². The Morgan fingerprint density at radius 3 is 2.44 bits per heavy atom. The molecule has 1 N–H and O–H groups in total. The average molecular weight is 491 g/mol. The number of methoxy groups -OCH3 is 1. The molecule has 7 heteroatoms. The fraction of sp³-hybridized carbons (Fsp3) is 0.379. The van der Waals surface area contributed by atoms with Crippen molar-refractivity contribution in [3.8, 4) is 5.75 Å². The summed E-state index contributed by atoms with van der Waals surface area (Å²) in [6, 6.07) is 14.2. The molecule has 0 radical (unpaired) electrons. The number of hydrogen-bond acceptors (Lipinski definition) is 6. The van der Waals surface area contributed by atoms with Crippen molar-refractivity contribution in [2.45, 2.75) is 38.6 Å². The molecule has 2 aromatic carbocycles. The van der Waals surface area contributed by atoms with Crippen LogP contribution in [0.15, 0.2) is 64.3 Å². The third-order valence-corrected chi connectivity index (χ3v) is 6.60. The molecule has 0 fully saturated rings. The molecule has 1 aliphatic heterocycles. The molecule has 7 nitrogen and oxygen atoms in total. The Morgan fingerprint density at radius 2 is 1.83 bits per heavy atom. The van der Waals surface area contributed by atoms with E-state index >= 15 is 0 Å². The zero-order valence-corrected chi connectivity index (χ0v) is 21.8. The number of Topliss-reactive ketones (excluding diaryl/α,β-unsaturated/α-hetero) is 1. The molecule has 0 saturated carbocycles. The standard InChI is InChI=1S/C29H34N2O5/c1-29(2,3)20-13-11-18(12-14-20)24-23(26(33)28(34)31(24)16-8-15-30(4)5)25(32)22-17-19-9-7-10-21(35-6)27(19)36-22/h7,9-14,17,24,33H,8,15-16H2,1-6H3. The van der Waals surface area contributed by atoms with Gasteiger partial charge in [0.25, 0.3) is 5.91 Å². The van der Waals surface area contributed by atoms with Crippen LogP contribution in [0, 0.1) is 0 Å². The molecule has 0 bridgehead atoms. The summed E-state index contributed by atoms with van der Waals surface area (Å²) in [6.07, 6.45) is 0.700. The lowest BCUT2D eigenvalue weighted by molar-refractivity contribution is -0.129. The first-order valence-corrected chi connectivity index (χ1v) is 12.1. The number of ketones is 1. The number of rotatable bonds is 8. The van der Waals surface area contributed by atoms with E-state index in [1.54, 1.807) is 17.0 Å². The predicted octanol–water partition coefficient (Wildman–Crippen LogP) is 5.27. The number of fused-ring (bicyclic) bond motifs is 1. The number of para-hydroxylation sites is 1. The van der Waals surface area contributed by atoms with Crippen LogP contribution >= 0.6 is 0 Å². The molecular weight excluding hydrogens is 456 g/mol. The van der Waals surface area contributed by atoms with E-state index < -0.39 is 23.5 Å². The summed E-state index contributed by atoms with van der Waals surface area (Å²) < 4.78 is 11.2. The van der Waals surface area contributed by atoms with Gasteiger partial charge in [0.05, 0.1) is 18.7 Å². The summed E-state index contributed by atoms with van der Waals surface area (Å²) in [6.45, 7) is 7.56. The topological polar surface area (TPSA) is 83.2 Å². The van der Waals surface area contributed by atoms with E-state index in [2.05, 4.69) is 20.8 Å². The minimum absolute atomic E-state index is 0.0337. The number of nitrogens with zero attached hydrogens (tertiary/aromatic N) is 2. The van der Waals surface area contributed by atoms with Crippen LogP contribution in [0.1, 0.15) is 54.9 Å². The molecule has 1 aliphatic rings. The molecule has 0 spiro atoms. The van der Waals surface area contributed by atoms with Gasteiger partial charge in [-0.05, 0) is 55.7 Å². The molecule has 190 valence electrons. The fourth-order valence-corrected chi connectivity index (χ4v) is 4.63. The highest BCUT2D eigenvalue weighted by Crippen LogP contribution is 2.41. The summed E-state index contributed by atoms with van der Waals surface area (Å²) in [4.78, 5) is 30.6. The van der Waals surface area contributed by atoms with Crippen LogP contribution < -0.4 is 4.74 Å². The maximum absolute atomic E-state index is 13.8. The van der Waals surface area contributed by atoms with Gasteiger partial charge in [0.1, 0.15) is 0 Å². The van der Waals surface area contributed by atoms with Crippen LogP contribution in [-0.2, 0) is 10.2 Å². The summed E-state index contributed by atoms with van der Waals surface area (Å²) in [5.74, 6) is -1.03. The Hall–Kier alpha value is -3.58. The Morgan fingerprint density at radius 1 is 1.14 bits per heavy atom. The first-order chi connectivity index (χ1) is 17.0. The number of furan rings is 1.